The van der Waals surface area contributed by atoms with Crippen molar-refractivity contribution in [3.63, 3.8) is 0 Å². The first-order chi connectivity index (χ1) is 7.25. The average molecular weight is 230 g/mol. The van der Waals surface area contributed by atoms with Gasteiger partial charge in [0.1, 0.15) is 0 Å². The highest BCUT2D eigenvalue weighted by molar-refractivity contribution is 7.99. The van der Waals surface area contributed by atoms with Gasteiger partial charge < -0.3 is 9.84 Å². The van der Waals surface area contributed by atoms with Crippen LogP contribution in [-0.2, 0) is 18.2 Å². The minimum atomic E-state index is -0.540. The van der Waals surface area contributed by atoms with Crippen LogP contribution in [0.25, 0.3) is 0 Å². The van der Waals surface area contributed by atoms with Gasteiger partial charge in [-0.2, -0.15) is 16.6 Å². The first-order valence-electron chi connectivity index (χ1n) is 4.86. The Morgan fingerprint density at radius 2 is 2.60 bits per heavy atom. The largest absolute Gasteiger partial charge is 0.390 e. The Labute approximate surface area is 92.0 Å². The van der Waals surface area contributed by atoms with Crippen molar-refractivity contribution >= 4 is 11.8 Å². The summed E-state index contributed by atoms with van der Waals surface area (Å²) in [6.07, 6.45) is -0.242. The van der Waals surface area contributed by atoms with Gasteiger partial charge in [0.25, 0.3) is 0 Å². The van der Waals surface area contributed by atoms with Gasteiger partial charge in [-0.15, -0.1) is 10.2 Å². The molecule has 1 N–H and O–H groups in total. The van der Waals surface area contributed by atoms with Crippen LogP contribution in [0, 0.1) is 0 Å². The van der Waals surface area contributed by atoms with Crippen LogP contribution in [0.1, 0.15) is 5.82 Å². The fraction of sp³-hybridized carbons (Fsp3) is 0.875. The average Bonchev–Trinajstić information content (AvgIpc) is 2.65. The Morgan fingerprint density at radius 3 is 3.20 bits per heavy atom. The normalized spacial score (nSPS) is 24.0. The molecule has 1 fully saturated rings. The number of aryl methyl sites for hydroxylation is 1. The van der Waals surface area contributed by atoms with Crippen molar-refractivity contribution in [3.8, 4) is 0 Å². The standard InChI is InChI=1S/C8H14N4O2S/c1-12-10-8(9-11-12)4-6(13)7-5-15-3-2-14-7/h6-7,13H,2-5H2,1H3. The zero-order valence-electron chi connectivity index (χ0n) is 8.54. The van der Waals surface area contributed by atoms with Gasteiger partial charge in [-0.1, -0.05) is 0 Å². The van der Waals surface area contributed by atoms with Crippen LogP contribution in [0.4, 0.5) is 0 Å². The van der Waals surface area contributed by atoms with Crippen LogP contribution in [0.15, 0.2) is 0 Å². The van der Waals surface area contributed by atoms with E-state index in [1.54, 1.807) is 18.8 Å². The summed E-state index contributed by atoms with van der Waals surface area (Å²) >= 11 is 1.80. The van der Waals surface area contributed by atoms with Crippen molar-refractivity contribution in [1.29, 1.82) is 0 Å². The van der Waals surface area contributed by atoms with Gasteiger partial charge in [0.05, 0.1) is 25.9 Å². The van der Waals surface area contributed by atoms with Gasteiger partial charge in [0.15, 0.2) is 5.82 Å². The summed E-state index contributed by atoms with van der Waals surface area (Å²) in [7, 11) is 1.70. The number of aromatic nitrogens is 4. The van der Waals surface area contributed by atoms with Crippen molar-refractivity contribution < 1.29 is 9.84 Å². The number of aliphatic hydroxyl groups is 1. The van der Waals surface area contributed by atoms with E-state index in [1.165, 1.54) is 4.80 Å². The van der Waals surface area contributed by atoms with Crippen molar-refractivity contribution in [2.24, 2.45) is 7.05 Å². The van der Waals surface area contributed by atoms with Gasteiger partial charge in [-0.25, -0.2) is 0 Å². The number of ether oxygens (including phenoxy) is 1. The summed E-state index contributed by atoms with van der Waals surface area (Å²) < 4.78 is 5.47. The van der Waals surface area contributed by atoms with Gasteiger partial charge in [0, 0.05) is 17.9 Å². The van der Waals surface area contributed by atoms with E-state index in [-0.39, 0.29) is 6.10 Å². The predicted octanol–water partition coefficient (Wildman–Crippen LogP) is -0.755. The van der Waals surface area contributed by atoms with E-state index in [1.807, 2.05) is 0 Å². The molecule has 0 bridgehead atoms. The fourth-order valence-corrected chi connectivity index (χ4v) is 2.38. The first kappa shape index (κ1) is 10.8. The third kappa shape index (κ3) is 2.90. The van der Waals surface area contributed by atoms with Crippen LogP contribution >= 0.6 is 11.8 Å². The summed E-state index contributed by atoms with van der Waals surface area (Å²) in [5.41, 5.74) is 0. The molecule has 2 unspecified atom stereocenters. The molecule has 1 aliphatic heterocycles. The third-order valence-electron chi connectivity index (χ3n) is 2.21. The molecule has 6 nitrogen and oxygen atoms in total. The predicted molar refractivity (Wildman–Crippen MR) is 55.6 cm³/mol. The molecular formula is C8H14N4O2S. The topological polar surface area (TPSA) is 73.1 Å². The zero-order chi connectivity index (χ0) is 10.7. The Morgan fingerprint density at radius 1 is 1.73 bits per heavy atom. The molecule has 15 heavy (non-hydrogen) atoms. The molecule has 0 spiro atoms. The third-order valence-corrected chi connectivity index (χ3v) is 3.23. The highest BCUT2D eigenvalue weighted by Crippen LogP contribution is 2.16. The van der Waals surface area contributed by atoms with Crippen molar-refractivity contribution in [1.82, 2.24) is 20.2 Å². The molecule has 0 radical (unpaired) electrons. The molecule has 0 aliphatic carbocycles. The second-order valence-electron chi connectivity index (χ2n) is 3.45. The highest BCUT2D eigenvalue weighted by atomic mass is 32.2. The monoisotopic (exact) mass is 230 g/mol. The Balaban J connectivity index is 1.88. The molecule has 84 valence electrons. The molecular weight excluding hydrogens is 216 g/mol. The van der Waals surface area contributed by atoms with E-state index in [0.717, 1.165) is 11.5 Å². The number of hydrogen-bond acceptors (Lipinski definition) is 6. The highest BCUT2D eigenvalue weighted by Gasteiger charge is 2.24. The molecule has 2 atom stereocenters. The Hall–Kier alpha value is -0.660. The summed E-state index contributed by atoms with van der Waals surface area (Å²) in [6, 6.07) is 0. The molecule has 0 saturated carbocycles. The molecule has 1 aromatic rings. The molecule has 7 heteroatoms. The van der Waals surface area contributed by atoms with Gasteiger partial charge in [0.2, 0.25) is 0 Å². The molecule has 2 rings (SSSR count). The van der Waals surface area contributed by atoms with Crippen LogP contribution < -0.4 is 0 Å². The summed E-state index contributed by atoms with van der Waals surface area (Å²) in [4.78, 5) is 1.39. The minimum Gasteiger partial charge on any atom is -0.390 e. The Bertz CT molecular complexity index is 313. The molecule has 0 amide bonds. The number of aliphatic hydroxyl groups excluding tert-OH is 1. The van der Waals surface area contributed by atoms with E-state index in [9.17, 15) is 5.11 Å². The Kier molecular flexibility index (Phi) is 3.55. The summed E-state index contributed by atoms with van der Waals surface area (Å²) in [5.74, 6) is 2.40. The lowest BCUT2D eigenvalue weighted by molar-refractivity contribution is -0.0216. The van der Waals surface area contributed by atoms with Gasteiger partial charge in [-0.3, -0.25) is 0 Å². The van der Waals surface area contributed by atoms with Crippen LogP contribution in [0.5, 0.6) is 0 Å². The van der Waals surface area contributed by atoms with Crippen molar-refractivity contribution in [2.45, 2.75) is 18.6 Å². The number of tetrazole rings is 1. The van der Waals surface area contributed by atoms with E-state index in [0.29, 0.717) is 18.9 Å². The second-order valence-corrected chi connectivity index (χ2v) is 4.60. The van der Waals surface area contributed by atoms with Crippen molar-refractivity contribution in [2.75, 3.05) is 18.1 Å². The number of rotatable bonds is 3. The lowest BCUT2D eigenvalue weighted by atomic mass is 10.1. The van der Waals surface area contributed by atoms with Gasteiger partial charge >= 0.3 is 0 Å². The summed E-state index contributed by atoms with van der Waals surface area (Å²) in [6.45, 7) is 0.709. The van der Waals surface area contributed by atoms with Crippen LogP contribution in [-0.4, -0.2) is 55.6 Å². The number of hydrogen-bond donors (Lipinski definition) is 1. The second kappa shape index (κ2) is 4.91. The zero-order valence-corrected chi connectivity index (χ0v) is 9.35. The van der Waals surface area contributed by atoms with E-state index in [2.05, 4.69) is 15.4 Å². The number of thioether (sulfide) groups is 1. The lowest BCUT2D eigenvalue weighted by Crippen LogP contribution is -2.36. The number of nitrogens with zero attached hydrogens (tertiary/aromatic N) is 4. The first-order valence-corrected chi connectivity index (χ1v) is 6.01. The van der Waals surface area contributed by atoms with E-state index in [4.69, 9.17) is 4.74 Å². The van der Waals surface area contributed by atoms with Crippen LogP contribution in [0.2, 0.25) is 0 Å². The molecule has 1 aliphatic rings. The molecule has 2 heterocycles. The van der Waals surface area contributed by atoms with Crippen LogP contribution in [0.3, 0.4) is 0 Å². The smallest absolute Gasteiger partial charge is 0.177 e. The SMILES string of the molecule is Cn1nnc(CC(O)C2CSCCO2)n1. The molecule has 0 aromatic carbocycles. The maximum atomic E-state index is 9.88. The fourth-order valence-electron chi connectivity index (χ4n) is 1.45. The van der Waals surface area contributed by atoms with E-state index >= 15 is 0 Å². The molecule has 1 aromatic heterocycles. The van der Waals surface area contributed by atoms with E-state index < -0.39 is 6.10 Å². The molecule has 1 saturated heterocycles. The maximum Gasteiger partial charge on any atom is 0.177 e. The quantitative estimate of drug-likeness (QED) is 0.736. The maximum absolute atomic E-state index is 9.88. The lowest BCUT2D eigenvalue weighted by Gasteiger charge is -2.25. The van der Waals surface area contributed by atoms with Crippen molar-refractivity contribution in [3.05, 3.63) is 5.82 Å². The van der Waals surface area contributed by atoms with Gasteiger partial charge in [-0.05, 0) is 5.21 Å². The summed E-state index contributed by atoms with van der Waals surface area (Å²) in [5, 5.41) is 21.4. The minimum absolute atomic E-state index is 0.104.